The van der Waals surface area contributed by atoms with Crippen LogP contribution in [0.4, 0.5) is 0 Å². The Morgan fingerprint density at radius 1 is 1.38 bits per heavy atom. The molecule has 0 saturated carbocycles. The molecule has 86 valence electrons. The Bertz CT molecular complexity index is 391. The Morgan fingerprint density at radius 3 is 2.75 bits per heavy atom. The maximum atomic E-state index is 11.1. The van der Waals surface area contributed by atoms with E-state index < -0.39 is 5.97 Å². The van der Waals surface area contributed by atoms with Crippen molar-refractivity contribution in [2.24, 2.45) is 5.73 Å². The number of nitrogens with two attached hydrogens (primary N) is 1. The van der Waals surface area contributed by atoms with Crippen LogP contribution in [0.5, 0.6) is 0 Å². The van der Waals surface area contributed by atoms with Crippen LogP contribution in [0.2, 0.25) is 0 Å². The summed E-state index contributed by atoms with van der Waals surface area (Å²) in [6, 6.07) is 6.45. The molecule has 0 aliphatic carbocycles. The molecule has 0 heterocycles. The fourth-order valence-corrected chi connectivity index (χ4v) is 1.23. The van der Waals surface area contributed by atoms with Gasteiger partial charge in [0.1, 0.15) is 0 Å². The minimum absolute atomic E-state index is 0.136. The number of hydrogen-bond acceptors (Lipinski definition) is 3. The van der Waals surface area contributed by atoms with Crippen LogP contribution < -0.4 is 11.1 Å². The minimum Gasteiger partial charge on any atom is -0.478 e. The van der Waals surface area contributed by atoms with Gasteiger partial charge in [-0.1, -0.05) is 12.1 Å². The van der Waals surface area contributed by atoms with E-state index in [9.17, 15) is 9.59 Å². The normalized spacial score (nSPS) is 9.81. The molecule has 0 saturated heterocycles. The average Bonchev–Trinajstić information content (AvgIpc) is 2.27. The first-order valence-corrected chi connectivity index (χ1v) is 4.92. The second kappa shape index (κ2) is 5.87. The molecular weight excluding hydrogens is 208 g/mol. The quantitative estimate of drug-likeness (QED) is 0.670. The van der Waals surface area contributed by atoms with Gasteiger partial charge < -0.3 is 16.2 Å². The summed E-state index contributed by atoms with van der Waals surface area (Å²) in [6.45, 7) is 0.626. The molecule has 1 amide bonds. The second-order valence-corrected chi connectivity index (χ2v) is 3.32. The van der Waals surface area contributed by atoms with E-state index in [1.807, 2.05) is 0 Å². The van der Waals surface area contributed by atoms with Crippen molar-refractivity contribution in [1.82, 2.24) is 5.32 Å². The number of carbonyl (C=O) groups excluding carboxylic acids is 1. The molecule has 0 radical (unpaired) electrons. The molecule has 1 rings (SSSR count). The van der Waals surface area contributed by atoms with Gasteiger partial charge in [-0.05, 0) is 17.7 Å². The highest BCUT2D eigenvalue weighted by Gasteiger charge is 2.04. The van der Waals surface area contributed by atoms with Gasteiger partial charge in [-0.3, -0.25) is 4.79 Å². The predicted molar refractivity (Wildman–Crippen MR) is 58.9 cm³/mol. The third-order valence-corrected chi connectivity index (χ3v) is 2.04. The molecule has 0 aliphatic heterocycles. The molecule has 5 heteroatoms. The maximum Gasteiger partial charge on any atom is 0.335 e. The smallest absolute Gasteiger partial charge is 0.335 e. The van der Waals surface area contributed by atoms with Gasteiger partial charge >= 0.3 is 5.97 Å². The molecule has 1 aromatic carbocycles. The van der Waals surface area contributed by atoms with Crippen molar-refractivity contribution in [2.45, 2.75) is 13.0 Å². The van der Waals surface area contributed by atoms with Crippen molar-refractivity contribution >= 4 is 11.9 Å². The highest BCUT2D eigenvalue weighted by Crippen LogP contribution is 2.04. The van der Waals surface area contributed by atoms with Crippen LogP contribution in [0.3, 0.4) is 0 Å². The number of rotatable bonds is 5. The van der Waals surface area contributed by atoms with Crippen LogP contribution in [-0.2, 0) is 11.3 Å². The molecule has 0 spiro atoms. The van der Waals surface area contributed by atoms with Gasteiger partial charge in [-0.2, -0.15) is 0 Å². The fourth-order valence-electron chi connectivity index (χ4n) is 1.23. The maximum absolute atomic E-state index is 11.1. The van der Waals surface area contributed by atoms with E-state index >= 15 is 0 Å². The standard InChI is InChI=1S/C11H14N2O3/c12-5-4-10(14)13-7-8-2-1-3-9(6-8)11(15)16/h1-3,6H,4-5,7,12H2,(H,13,14)(H,15,16). The van der Waals surface area contributed by atoms with E-state index in [1.54, 1.807) is 12.1 Å². The number of hydrogen-bond donors (Lipinski definition) is 3. The molecule has 1 aromatic rings. The Labute approximate surface area is 93.3 Å². The molecule has 4 N–H and O–H groups in total. The summed E-state index contributed by atoms with van der Waals surface area (Å²) in [5, 5.41) is 11.4. The van der Waals surface area contributed by atoms with E-state index in [0.29, 0.717) is 13.1 Å². The van der Waals surface area contributed by atoms with Crippen molar-refractivity contribution in [3.63, 3.8) is 0 Å². The zero-order valence-corrected chi connectivity index (χ0v) is 8.77. The number of amides is 1. The van der Waals surface area contributed by atoms with E-state index in [4.69, 9.17) is 10.8 Å². The predicted octanol–water partition coefficient (Wildman–Crippen LogP) is 0.350. The number of nitrogens with one attached hydrogen (secondary N) is 1. The Balaban J connectivity index is 2.57. The van der Waals surface area contributed by atoms with Crippen molar-refractivity contribution in [3.05, 3.63) is 35.4 Å². The van der Waals surface area contributed by atoms with Gasteiger partial charge in [-0.25, -0.2) is 4.79 Å². The van der Waals surface area contributed by atoms with Crippen molar-refractivity contribution in [1.29, 1.82) is 0 Å². The molecule has 0 fully saturated rings. The zero-order chi connectivity index (χ0) is 12.0. The van der Waals surface area contributed by atoms with Crippen LogP contribution in [0.15, 0.2) is 24.3 Å². The lowest BCUT2D eigenvalue weighted by atomic mass is 10.1. The molecular formula is C11H14N2O3. The van der Waals surface area contributed by atoms with Gasteiger partial charge in [0.25, 0.3) is 0 Å². The third-order valence-electron chi connectivity index (χ3n) is 2.04. The van der Waals surface area contributed by atoms with Gasteiger partial charge in [-0.15, -0.1) is 0 Å². The van der Waals surface area contributed by atoms with Crippen LogP contribution in [-0.4, -0.2) is 23.5 Å². The lowest BCUT2D eigenvalue weighted by Crippen LogP contribution is -2.25. The highest BCUT2D eigenvalue weighted by atomic mass is 16.4. The Morgan fingerprint density at radius 2 is 2.12 bits per heavy atom. The molecule has 0 aliphatic rings. The molecule has 0 unspecified atom stereocenters. The summed E-state index contributed by atoms with van der Waals surface area (Å²) in [7, 11) is 0. The second-order valence-electron chi connectivity index (χ2n) is 3.32. The SMILES string of the molecule is NCCC(=O)NCc1cccc(C(=O)O)c1. The third kappa shape index (κ3) is 3.70. The van der Waals surface area contributed by atoms with E-state index in [0.717, 1.165) is 5.56 Å². The molecule has 16 heavy (non-hydrogen) atoms. The van der Waals surface area contributed by atoms with Crippen LogP contribution in [0.1, 0.15) is 22.3 Å². The van der Waals surface area contributed by atoms with E-state index in [1.165, 1.54) is 12.1 Å². The summed E-state index contributed by atoms with van der Waals surface area (Å²) < 4.78 is 0. The van der Waals surface area contributed by atoms with E-state index in [-0.39, 0.29) is 17.9 Å². The minimum atomic E-state index is -0.977. The molecule has 0 bridgehead atoms. The Hall–Kier alpha value is -1.88. The fraction of sp³-hybridized carbons (Fsp3) is 0.273. The van der Waals surface area contributed by atoms with Crippen LogP contribution in [0.25, 0.3) is 0 Å². The Kier molecular flexibility index (Phi) is 4.47. The monoisotopic (exact) mass is 222 g/mol. The summed E-state index contributed by atoms with van der Waals surface area (Å²) in [5.74, 6) is -1.11. The lowest BCUT2D eigenvalue weighted by Gasteiger charge is -2.05. The van der Waals surface area contributed by atoms with Crippen molar-refractivity contribution in [3.8, 4) is 0 Å². The average molecular weight is 222 g/mol. The number of benzene rings is 1. The topological polar surface area (TPSA) is 92.4 Å². The molecule has 0 aromatic heterocycles. The zero-order valence-electron chi connectivity index (χ0n) is 8.77. The number of aromatic carboxylic acids is 1. The lowest BCUT2D eigenvalue weighted by molar-refractivity contribution is -0.121. The number of carbonyl (C=O) groups is 2. The van der Waals surface area contributed by atoms with Gasteiger partial charge in [0, 0.05) is 19.5 Å². The summed E-state index contributed by atoms with van der Waals surface area (Å²) in [6.07, 6.45) is 0.276. The van der Waals surface area contributed by atoms with Crippen LogP contribution >= 0.6 is 0 Å². The van der Waals surface area contributed by atoms with Gasteiger partial charge in [0.15, 0.2) is 0 Å². The first-order chi connectivity index (χ1) is 7.63. The number of carboxylic acids is 1. The first kappa shape index (κ1) is 12.2. The number of carboxylic acid groups (broad SMARTS) is 1. The van der Waals surface area contributed by atoms with E-state index in [2.05, 4.69) is 5.32 Å². The summed E-state index contributed by atoms with van der Waals surface area (Å²) >= 11 is 0. The largest absolute Gasteiger partial charge is 0.478 e. The molecule has 5 nitrogen and oxygen atoms in total. The first-order valence-electron chi connectivity index (χ1n) is 4.92. The summed E-state index contributed by atoms with van der Waals surface area (Å²) in [4.78, 5) is 21.8. The van der Waals surface area contributed by atoms with Gasteiger partial charge in [0.05, 0.1) is 5.56 Å². The van der Waals surface area contributed by atoms with Crippen molar-refractivity contribution in [2.75, 3.05) is 6.54 Å². The highest BCUT2D eigenvalue weighted by molar-refractivity contribution is 5.87. The van der Waals surface area contributed by atoms with Gasteiger partial charge in [0.2, 0.25) is 5.91 Å². The summed E-state index contributed by atoms with van der Waals surface area (Å²) in [5.41, 5.74) is 6.19. The molecule has 0 atom stereocenters. The van der Waals surface area contributed by atoms with Crippen LogP contribution in [0, 0.1) is 0 Å². The van der Waals surface area contributed by atoms with Crippen molar-refractivity contribution < 1.29 is 14.7 Å².